The topological polar surface area (TPSA) is 177 Å². The molecular weight excluding hydrogens is 940 g/mol. The van der Waals surface area contributed by atoms with Crippen LogP contribution in [0.2, 0.25) is 0 Å². The minimum absolute atomic E-state index is 0. The number of benzene rings is 2. The number of carboxylic acid groups (broad SMARTS) is 1. The van der Waals surface area contributed by atoms with Crippen LogP contribution in [-0.2, 0) is 52.8 Å². The van der Waals surface area contributed by atoms with E-state index in [4.69, 9.17) is 31.2 Å². The molecule has 0 radical (unpaired) electrons. The predicted molar refractivity (Wildman–Crippen MR) is 276 cm³/mol. The van der Waals surface area contributed by atoms with E-state index in [0.29, 0.717) is 37.2 Å². The fourth-order valence-corrected chi connectivity index (χ4v) is 10.6. The summed E-state index contributed by atoms with van der Waals surface area (Å²) < 4.78 is 48.4. The minimum atomic E-state index is -4.13. The number of sulfone groups is 1. The molecule has 1 heterocycles. The van der Waals surface area contributed by atoms with Crippen molar-refractivity contribution < 1.29 is 56.4 Å². The molecule has 1 fully saturated rings. The number of thiocarbonyl (C=S) groups is 1. The molecule has 4 atom stereocenters. The van der Waals surface area contributed by atoms with E-state index in [1.165, 1.54) is 18.7 Å². The van der Waals surface area contributed by atoms with Gasteiger partial charge in [-0.05, 0) is 68.9 Å². The highest BCUT2D eigenvalue weighted by Crippen LogP contribution is 2.34. The number of thioether (sulfide) groups is 2. The van der Waals surface area contributed by atoms with Gasteiger partial charge in [0.15, 0.2) is 15.1 Å². The van der Waals surface area contributed by atoms with Gasteiger partial charge in [0.1, 0.15) is 14.0 Å². The molecule has 1 saturated heterocycles. The highest BCUT2D eigenvalue weighted by Gasteiger charge is 2.41. The molecule has 0 spiro atoms. The Morgan fingerprint density at radius 2 is 1.36 bits per heavy atom. The van der Waals surface area contributed by atoms with Crippen molar-refractivity contribution >= 4 is 94.9 Å². The number of carboxylic acids is 1. The monoisotopic (exact) mass is 1010 g/mol. The third-order valence-electron chi connectivity index (χ3n) is 10.1. The highest BCUT2D eigenvalue weighted by atomic mass is 32.2. The van der Waals surface area contributed by atoms with E-state index in [2.05, 4.69) is 6.58 Å². The zero-order valence-corrected chi connectivity index (χ0v) is 42.7. The van der Waals surface area contributed by atoms with Crippen LogP contribution in [0.1, 0.15) is 135 Å². The second kappa shape index (κ2) is 35.6. The van der Waals surface area contributed by atoms with Gasteiger partial charge in [0.25, 0.3) is 0 Å². The Bertz CT molecular complexity index is 1930. The summed E-state index contributed by atoms with van der Waals surface area (Å²) in [5.74, 6) is -2.98. The number of rotatable bonds is 18. The zero-order chi connectivity index (χ0) is 47.3. The quantitative estimate of drug-likeness (QED) is 0.0372. The van der Waals surface area contributed by atoms with Crippen molar-refractivity contribution in [2.75, 3.05) is 32.2 Å². The van der Waals surface area contributed by atoms with E-state index < -0.39 is 50.1 Å². The van der Waals surface area contributed by atoms with Crippen LogP contribution in [0.4, 0.5) is 0 Å². The number of esters is 4. The second-order valence-corrected chi connectivity index (χ2v) is 21.5. The zero-order valence-electron chi connectivity index (χ0n) is 38.2. The lowest BCUT2D eigenvalue weighted by atomic mass is 9.99. The lowest BCUT2D eigenvalue weighted by Gasteiger charge is -2.23. The number of unbranched alkanes of at least 4 members (excludes halogenated alkanes) is 5. The summed E-state index contributed by atoms with van der Waals surface area (Å²) in [6.45, 7) is 11.5. The number of ether oxygens (including phenoxy) is 4. The number of hydrogen-bond donors (Lipinski definition) is 1. The highest BCUT2D eigenvalue weighted by molar-refractivity contribution is 8.47. The van der Waals surface area contributed by atoms with Crippen LogP contribution in [0.25, 0.3) is 6.08 Å². The molecule has 2 aromatic rings. The Labute approximate surface area is 411 Å². The first-order valence-electron chi connectivity index (χ1n) is 22.1. The van der Waals surface area contributed by atoms with Crippen LogP contribution in [0.3, 0.4) is 0 Å². The smallest absolute Gasteiger partial charge is 0.335 e. The summed E-state index contributed by atoms with van der Waals surface area (Å²) >= 11 is 8.14. The van der Waals surface area contributed by atoms with Gasteiger partial charge in [0.2, 0.25) is 0 Å². The maximum atomic E-state index is 13.2. The van der Waals surface area contributed by atoms with Crippen molar-refractivity contribution in [3.8, 4) is 0 Å². The lowest BCUT2D eigenvalue weighted by molar-refractivity contribution is -0.143. The molecule has 370 valence electrons. The van der Waals surface area contributed by atoms with E-state index >= 15 is 0 Å². The number of carbonyl (C=O) groups excluding carboxylic acids is 4. The third-order valence-corrected chi connectivity index (χ3v) is 15.0. The van der Waals surface area contributed by atoms with Crippen molar-refractivity contribution in [2.45, 2.75) is 134 Å². The first-order chi connectivity index (χ1) is 30.6. The molecule has 0 aliphatic carbocycles. The van der Waals surface area contributed by atoms with Crippen LogP contribution < -0.4 is 0 Å². The molecule has 66 heavy (non-hydrogen) atoms. The van der Waals surface area contributed by atoms with Crippen molar-refractivity contribution in [3.63, 3.8) is 0 Å². The van der Waals surface area contributed by atoms with Gasteiger partial charge < -0.3 is 34.0 Å². The van der Waals surface area contributed by atoms with E-state index in [-0.39, 0.29) is 53.8 Å². The second-order valence-electron chi connectivity index (χ2n) is 15.4. The van der Waals surface area contributed by atoms with Gasteiger partial charge in [-0.15, -0.1) is 11.8 Å². The van der Waals surface area contributed by atoms with Crippen LogP contribution in [0.5, 0.6) is 0 Å². The fourth-order valence-electron chi connectivity index (χ4n) is 6.29. The first-order valence-corrected chi connectivity index (χ1v) is 25.9. The summed E-state index contributed by atoms with van der Waals surface area (Å²) in [5.41, 5.74) is 1.37. The molecule has 3 rings (SSSR count). The Kier molecular flexibility index (Phi) is 33.6. The summed E-state index contributed by atoms with van der Waals surface area (Å²) in [7, 11) is -4.13. The van der Waals surface area contributed by atoms with Crippen molar-refractivity contribution in [1.29, 1.82) is 0 Å². The maximum absolute atomic E-state index is 13.2. The van der Waals surface area contributed by atoms with Crippen LogP contribution >= 0.6 is 45.6 Å². The SMILES string of the molecule is C.C=C1C(=O)OCCCCCCCCOC(=O)C(C)S(=O)(=O)C1c1ccccc1.CCSC(=S)SC(C)C(=O)OCCCCCCCCOC(=O)/C(=C/c1ccccc1)CC(C)C(=O)O.[PH2-]. The van der Waals surface area contributed by atoms with E-state index in [9.17, 15) is 37.5 Å². The average Bonchev–Trinajstić information content (AvgIpc) is 3.27. The van der Waals surface area contributed by atoms with Crippen LogP contribution in [0, 0.1) is 5.92 Å². The van der Waals surface area contributed by atoms with Gasteiger partial charge in [-0.3, -0.25) is 14.4 Å². The molecule has 1 aliphatic rings. The van der Waals surface area contributed by atoms with Gasteiger partial charge in [0.05, 0.1) is 37.9 Å². The number of cyclic esters (lactones) is 2. The number of aliphatic carboxylic acids is 1. The molecule has 0 bridgehead atoms. The van der Waals surface area contributed by atoms with Crippen molar-refractivity contribution in [2.24, 2.45) is 5.92 Å². The third kappa shape index (κ3) is 24.5. The molecule has 17 heteroatoms. The molecule has 2 aromatic carbocycles. The maximum Gasteiger partial charge on any atom is 0.335 e. The van der Waals surface area contributed by atoms with Gasteiger partial charge >= 0.3 is 29.8 Å². The fraction of sp³-hybridized carbons (Fsp3) is 0.551. The molecular formula is C49H72O12PS4-. The van der Waals surface area contributed by atoms with Gasteiger partial charge in [-0.1, -0.05) is 164 Å². The van der Waals surface area contributed by atoms with Crippen LogP contribution in [-0.4, -0.2) is 89.6 Å². The van der Waals surface area contributed by atoms with Crippen molar-refractivity contribution in [1.82, 2.24) is 0 Å². The number of hydrogen-bond acceptors (Lipinski definition) is 14. The van der Waals surface area contributed by atoms with E-state index in [1.807, 2.05) is 44.2 Å². The van der Waals surface area contributed by atoms with Crippen molar-refractivity contribution in [3.05, 3.63) is 89.5 Å². The molecule has 0 amide bonds. The summed E-state index contributed by atoms with van der Waals surface area (Å²) in [6, 6.07) is 17.6. The molecule has 1 aliphatic heterocycles. The van der Waals surface area contributed by atoms with E-state index in [0.717, 1.165) is 79.1 Å². The van der Waals surface area contributed by atoms with Gasteiger partial charge in [-0.2, -0.15) is 0 Å². The molecule has 12 nitrogen and oxygen atoms in total. The summed E-state index contributed by atoms with van der Waals surface area (Å²) in [5, 5.41) is 6.15. The number of carbonyl (C=O) groups is 5. The molecule has 4 unspecified atom stereocenters. The molecule has 0 aromatic heterocycles. The lowest BCUT2D eigenvalue weighted by Crippen LogP contribution is -2.35. The average molecular weight is 1010 g/mol. The largest absolute Gasteiger partial charge is 0.577 e. The Hall–Kier alpha value is -3.56. The van der Waals surface area contributed by atoms with E-state index in [1.54, 1.807) is 55.1 Å². The normalized spacial score (nSPS) is 17.9. The van der Waals surface area contributed by atoms with Gasteiger partial charge in [-0.25, -0.2) is 18.0 Å². The Balaban J connectivity index is 0.00000128. The molecule has 0 saturated carbocycles. The van der Waals surface area contributed by atoms with Crippen LogP contribution in [0.15, 0.2) is 78.4 Å². The standard InChI is InChI=1S/C27H38O6S3.C21H28O6S.CH4.H2P/c1-4-35-27(34)36-21(3)25(30)32-16-12-7-5-6-8-13-17-33-26(31)23(18-20(2)24(28)29)19-22-14-10-9-11-15-22;1-16-19(18-12-8-7-9-13-18)28(24,25)17(2)21(23)27-15-11-6-4-3-5-10-14-26-20(16)22;;/h9-11,14-15,19-21H,4-8,12-13,16-18H2,1-3H3,(H,28,29);7-9,12-13,17,19H,1,3-6,10-11,14-15H2,2H3;1H4;1H2/q;;;-1/b23-19+;;;. The first kappa shape index (κ1) is 62.4. The Morgan fingerprint density at radius 3 is 1.92 bits per heavy atom. The summed E-state index contributed by atoms with van der Waals surface area (Å²) in [4.78, 5) is 60.6. The predicted octanol–water partition coefficient (Wildman–Crippen LogP) is 11.3. The Morgan fingerprint density at radius 1 is 0.848 bits per heavy atom. The molecule has 1 N–H and O–H groups in total. The van der Waals surface area contributed by atoms with Gasteiger partial charge in [0, 0.05) is 5.57 Å². The minimum Gasteiger partial charge on any atom is -0.577 e. The summed E-state index contributed by atoms with van der Waals surface area (Å²) in [6.07, 6.45) is 12.5.